The van der Waals surface area contributed by atoms with E-state index in [0.29, 0.717) is 6.20 Å². The van der Waals surface area contributed by atoms with Crippen molar-refractivity contribution in [2.24, 2.45) is 0 Å². The number of aromatic nitrogens is 1. The third-order valence-corrected chi connectivity index (χ3v) is 1.94. The van der Waals surface area contributed by atoms with Gasteiger partial charge in [0.15, 0.2) is 0 Å². The summed E-state index contributed by atoms with van der Waals surface area (Å²) in [6.07, 6.45) is -1.59. The zero-order valence-corrected chi connectivity index (χ0v) is 9.49. The van der Waals surface area contributed by atoms with E-state index in [4.69, 9.17) is 5.73 Å². The van der Waals surface area contributed by atoms with Gasteiger partial charge in [0.1, 0.15) is 0 Å². The first kappa shape index (κ1) is 14.0. The summed E-state index contributed by atoms with van der Waals surface area (Å²) in [5, 5.41) is 0. The predicted molar refractivity (Wildman–Crippen MR) is 59.3 cm³/mol. The summed E-state index contributed by atoms with van der Waals surface area (Å²) in [6.45, 7) is 1.84. The van der Waals surface area contributed by atoms with Gasteiger partial charge in [-0.1, -0.05) is 0 Å². The van der Waals surface area contributed by atoms with Crippen LogP contribution in [-0.4, -0.2) is 17.6 Å². The highest BCUT2D eigenvalue weighted by atomic mass is 19.4. The summed E-state index contributed by atoms with van der Waals surface area (Å²) in [7, 11) is 0. The van der Waals surface area contributed by atoms with Crippen molar-refractivity contribution in [3.63, 3.8) is 0 Å². The minimum Gasteiger partial charge on any atom is -0.463 e. The molecule has 4 nitrogen and oxygen atoms in total. The van der Waals surface area contributed by atoms with Gasteiger partial charge in [0.05, 0.1) is 23.6 Å². The lowest BCUT2D eigenvalue weighted by molar-refractivity contribution is -0.138. The highest BCUT2D eigenvalue weighted by Gasteiger charge is 2.31. The maximum Gasteiger partial charge on any atom is 0.417 e. The van der Waals surface area contributed by atoms with Gasteiger partial charge in [-0.25, -0.2) is 4.79 Å². The van der Waals surface area contributed by atoms with Crippen LogP contribution in [0.15, 0.2) is 18.3 Å². The first-order valence-corrected chi connectivity index (χ1v) is 5.02. The quantitative estimate of drug-likeness (QED) is 0.668. The van der Waals surface area contributed by atoms with Crippen LogP contribution in [0.25, 0.3) is 6.08 Å². The Morgan fingerprint density at radius 1 is 1.56 bits per heavy atom. The van der Waals surface area contributed by atoms with Crippen molar-refractivity contribution in [2.75, 3.05) is 12.3 Å². The number of halogens is 3. The molecule has 0 atom stereocenters. The monoisotopic (exact) mass is 260 g/mol. The molecule has 1 heterocycles. The lowest BCUT2D eigenvalue weighted by Crippen LogP contribution is -2.07. The Balaban J connectivity index is 2.90. The smallest absolute Gasteiger partial charge is 0.417 e. The van der Waals surface area contributed by atoms with E-state index in [2.05, 4.69) is 9.72 Å². The number of carbonyl (C=O) groups excluding carboxylic acids is 1. The molecule has 0 aliphatic rings. The van der Waals surface area contributed by atoms with Crippen molar-refractivity contribution in [3.8, 4) is 0 Å². The number of nitrogens with zero attached hydrogens (tertiary/aromatic N) is 1. The molecule has 7 heteroatoms. The maximum atomic E-state index is 12.3. The fourth-order valence-corrected chi connectivity index (χ4v) is 1.12. The van der Waals surface area contributed by atoms with Crippen LogP contribution < -0.4 is 5.73 Å². The summed E-state index contributed by atoms with van der Waals surface area (Å²) in [5.41, 5.74) is 4.39. The molecule has 0 fully saturated rings. The van der Waals surface area contributed by atoms with Crippen molar-refractivity contribution in [3.05, 3.63) is 29.6 Å². The molecule has 1 aromatic rings. The molecular weight excluding hydrogens is 249 g/mol. The lowest BCUT2D eigenvalue weighted by atomic mass is 10.2. The summed E-state index contributed by atoms with van der Waals surface area (Å²) < 4.78 is 41.6. The number of hydrogen-bond donors (Lipinski definition) is 1. The van der Waals surface area contributed by atoms with E-state index in [9.17, 15) is 18.0 Å². The average molecular weight is 260 g/mol. The summed E-state index contributed by atoms with van der Waals surface area (Å²) in [4.78, 5) is 14.5. The standard InChI is InChI=1S/C11H11F3N2O2/c1-2-18-10(17)4-3-9-8(15)5-7(6-16-9)11(12,13)14/h3-6H,2,15H2,1H3/b4-3+. The number of nitrogens with two attached hydrogens (primary N) is 1. The Hall–Kier alpha value is -2.05. The molecule has 0 saturated carbocycles. The van der Waals surface area contributed by atoms with Gasteiger partial charge >= 0.3 is 12.1 Å². The van der Waals surface area contributed by atoms with Crippen molar-refractivity contribution in [2.45, 2.75) is 13.1 Å². The summed E-state index contributed by atoms with van der Waals surface area (Å²) in [6, 6.07) is 0.762. The highest BCUT2D eigenvalue weighted by Crippen LogP contribution is 2.30. The Morgan fingerprint density at radius 2 is 2.22 bits per heavy atom. The molecule has 0 aliphatic heterocycles. The van der Waals surface area contributed by atoms with E-state index in [1.807, 2.05) is 0 Å². The minimum atomic E-state index is -4.50. The van der Waals surface area contributed by atoms with E-state index in [0.717, 1.165) is 12.1 Å². The van der Waals surface area contributed by atoms with Gasteiger partial charge in [0, 0.05) is 12.3 Å². The minimum absolute atomic E-state index is 0.0797. The number of pyridine rings is 1. The lowest BCUT2D eigenvalue weighted by Gasteiger charge is -2.07. The first-order chi connectivity index (χ1) is 8.34. The van der Waals surface area contributed by atoms with Crippen molar-refractivity contribution < 1.29 is 22.7 Å². The van der Waals surface area contributed by atoms with Crippen LogP contribution in [0, 0.1) is 0 Å². The molecule has 18 heavy (non-hydrogen) atoms. The number of anilines is 1. The number of ether oxygens (including phenoxy) is 1. The van der Waals surface area contributed by atoms with Gasteiger partial charge in [-0.2, -0.15) is 13.2 Å². The molecular formula is C11H11F3N2O2. The Labute approximate surface area is 101 Å². The van der Waals surface area contributed by atoms with Crippen LogP contribution in [0.1, 0.15) is 18.2 Å². The highest BCUT2D eigenvalue weighted by molar-refractivity contribution is 5.87. The fourth-order valence-electron chi connectivity index (χ4n) is 1.12. The van der Waals surface area contributed by atoms with E-state index < -0.39 is 17.7 Å². The number of hydrogen-bond acceptors (Lipinski definition) is 4. The number of esters is 1. The van der Waals surface area contributed by atoms with Crippen LogP contribution >= 0.6 is 0 Å². The van der Waals surface area contributed by atoms with Crippen molar-refractivity contribution >= 4 is 17.7 Å². The van der Waals surface area contributed by atoms with Crippen LogP contribution in [0.5, 0.6) is 0 Å². The summed E-state index contributed by atoms with van der Waals surface area (Å²) in [5.74, 6) is -0.612. The van der Waals surface area contributed by atoms with Crippen LogP contribution in [0.4, 0.5) is 18.9 Å². The Bertz CT molecular complexity index is 470. The molecule has 1 aromatic heterocycles. The molecule has 2 N–H and O–H groups in total. The molecule has 0 bridgehead atoms. The molecule has 0 aliphatic carbocycles. The molecule has 0 spiro atoms. The van der Waals surface area contributed by atoms with E-state index in [1.54, 1.807) is 6.92 Å². The molecule has 0 radical (unpaired) electrons. The molecule has 0 saturated heterocycles. The number of rotatable bonds is 3. The van der Waals surface area contributed by atoms with E-state index in [1.165, 1.54) is 6.08 Å². The van der Waals surface area contributed by atoms with Gasteiger partial charge in [-0.15, -0.1) is 0 Å². The number of nitrogen functional groups attached to an aromatic ring is 1. The van der Waals surface area contributed by atoms with Crippen LogP contribution in [0.3, 0.4) is 0 Å². The second-order valence-electron chi connectivity index (χ2n) is 3.28. The molecule has 0 aromatic carbocycles. The van der Waals surface area contributed by atoms with Gasteiger partial charge in [0.2, 0.25) is 0 Å². The molecule has 0 unspecified atom stereocenters. The first-order valence-electron chi connectivity index (χ1n) is 5.02. The van der Waals surface area contributed by atoms with Gasteiger partial charge in [-0.05, 0) is 19.1 Å². The zero-order valence-electron chi connectivity index (χ0n) is 9.49. The van der Waals surface area contributed by atoms with E-state index in [-0.39, 0.29) is 18.0 Å². The van der Waals surface area contributed by atoms with Gasteiger partial charge in [0.25, 0.3) is 0 Å². The largest absolute Gasteiger partial charge is 0.463 e. The third-order valence-electron chi connectivity index (χ3n) is 1.94. The normalized spacial score (nSPS) is 11.8. The summed E-state index contributed by atoms with van der Waals surface area (Å²) >= 11 is 0. The Morgan fingerprint density at radius 3 is 2.72 bits per heavy atom. The second-order valence-corrected chi connectivity index (χ2v) is 3.28. The topological polar surface area (TPSA) is 65.2 Å². The van der Waals surface area contributed by atoms with Gasteiger partial charge < -0.3 is 10.5 Å². The third kappa shape index (κ3) is 3.76. The molecule has 1 rings (SSSR count). The number of alkyl halides is 3. The van der Waals surface area contributed by atoms with E-state index >= 15 is 0 Å². The van der Waals surface area contributed by atoms with Crippen LogP contribution in [-0.2, 0) is 15.7 Å². The predicted octanol–water partition coefficient (Wildman–Crippen LogP) is 2.26. The number of carbonyl (C=O) groups is 1. The van der Waals surface area contributed by atoms with Crippen molar-refractivity contribution in [1.82, 2.24) is 4.98 Å². The maximum absolute atomic E-state index is 12.3. The fraction of sp³-hybridized carbons (Fsp3) is 0.273. The van der Waals surface area contributed by atoms with Crippen LogP contribution in [0.2, 0.25) is 0 Å². The van der Waals surface area contributed by atoms with Gasteiger partial charge in [-0.3, -0.25) is 4.98 Å². The molecule has 98 valence electrons. The zero-order chi connectivity index (χ0) is 13.8. The Kier molecular flexibility index (Phi) is 4.30. The van der Waals surface area contributed by atoms with Crippen molar-refractivity contribution in [1.29, 1.82) is 0 Å². The second kappa shape index (κ2) is 5.52. The average Bonchev–Trinajstić information content (AvgIpc) is 2.26. The SMILES string of the molecule is CCOC(=O)/C=C/c1ncc(C(F)(F)F)cc1N. The molecule has 0 amide bonds.